The summed E-state index contributed by atoms with van der Waals surface area (Å²) < 4.78 is 0. The van der Waals surface area contributed by atoms with E-state index in [1.54, 1.807) is 11.3 Å². The van der Waals surface area contributed by atoms with Crippen LogP contribution in [0.1, 0.15) is 30.2 Å². The van der Waals surface area contributed by atoms with Gasteiger partial charge in [-0.05, 0) is 36.6 Å². The Kier molecular flexibility index (Phi) is 2.92. The van der Waals surface area contributed by atoms with Crippen LogP contribution in [0.15, 0.2) is 17.5 Å². The van der Waals surface area contributed by atoms with Gasteiger partial charge in [0.05, 0.1) is 6.04 Å². The van der Waals surface area contributed by atoms with Gasteiger partial charge in [-0.1, -0.05) is 6.07 Å². The van der Waals surface area contributed by atoms with Crippen molar-refractivity contribution >= 4 is 17.2 Å². The summed E-state index contributed by atoms with van der Waals surface area (Å²) >= 11 is 1.80. The van der Waals surface area contributed by atoms with Crippen molar-refractivity contribution in [3.63, 3.8) is 0 Å². The zero-order chi connectivity index (χ0) is 11.8. The highest BCUT2D eigenvalue weighted by molar-refractivity contribution is 7.10. The van der Waals surface area contributed by atoms with Crippen LogP contribution in [0.25, 0.3) is 0 Å². The molecule has 92 valence electrons. The fourth-order valence-electron chi connectivity index (χ4n) is 2.54. The zero-order valence-electron chi connectivity index (χ0n) is 10.1. The molecule has 1 aliphatic heterocycles. The summed E-state index contributed by atoms with van der Waals surface area (Å²) in [5.41, 5.74) is 0. The van der Waals surface area contributed by atoms with Crippen molar-refractivity contribution < 1.29 is 4.79 Å². The van der Waals surface area contributed by atoms with Crippen molar-refractivity contribution in [2.45, 2.75) is 31.3 Å². The third-order valence-corrected chi connectivity index (χ3v) is 4.71. The average molecular weight is 250 g/mol. The Morgan fingerprint density at radius 3 is 2.82 bits per heavy atom. The minimum absolute atomic E-state index is 0.0349. The van der Waals surface area contributed by atoms with Crippen LogP contribution >= 0.6 is 11.3 Å². The topological polar surface area (TPSA) is 32.3 Å². The van der Waals surface area contributed by atoms with Gasteiger partial charge in [0.25, 0.3) is 0 Å². The Balaban J connectivity index is 1.71. The first-order valence-corrected chi connectivity index (χ1v) is 7.18. The second kappa shape index (κ2) is 4.42. The van der Waals surface area contributed by atoms with Crippen LogP contribution in [0, 0.1) is 5.92 Å². The molecule has 3 nitrogen and oxygen atoms in total. The van der Waals surface area contributed by atoms with E-state index in [1.807, 2.05) is 11.9 Å². The quantitative estimate of drug-likeness (QED) is 0.886. The Bertz CT molecular complexity index is 400. The molecule has 4 heteroatoms. The molecule has 1 saturated heterocycles. The lowest BCUT2D eigenvalue weighted by Crippen LogP contribution is -2.39. The van der Waals surface area contributed by atoms with Crippen LogP contribution in [-0.2, 0) is 4.79 Å². The van der Waals surface area contributed by atoms with Gasteiger partial charge in [0.2, 0.25) is 5.91 Å². The molecule has 1 aliphatic carbocycles. The van der Waals surface area contributed by atoms with Gasteiger partial charge in [0.1, 0.15) is 0 Å². The fraction of sp³-hybridized carbons (Fsp3) is 0.615. The number of carbonyl (C=O) groups excluding carboxylic acids is 1. The number of likely N-dealkylation sites (N-methyl/N-ethyl adjacent to an activating group) is 1. The molecule has 2 aliphatic rings. The number of carbonyl (C=O) groups is 1. The highest BCUT2D eigenvalue weighted by Gasteiger charge is 2.37. The van der Waals surface area contributed by atoms with E-state index in [1.165, 1.54) is 17.7 Å². The first-order valence-electron chi connectivity index (χ1n) is 6.30. The number of nitrogens with one attached hydrogen (secondary N) is 1. The lowest BCUT2D eigenvalue weighted by molar-refractivity contribution is -0.128. The smallest absolute Gasteiger partial charge is 0.239 e. The van der Waals surface area contributed by atoms with Crippen LogP contribution < -0.4 is 5.32 Å². The van der Waals surface area contributed by atoms with Crippen molar-refractivity contribution in [2.75, 3.05) is 13.6 Å². The van der Waals surface area contributed by atoms with E-state index in [2.05, 4.69) is 22.8 Å². The van der Waals surface area contributed by atoms with Crippen LogP contribution in [0.3, 0.4) is 0 Å². The van der Waals surface area contributed by atoms with Crippen LogP contribution in [0.4, 0.5) is 0 Å². The number of amides is 1. The standard InChI is InChI=1S/C13H18N2OS/c1-15-7-6-10(13(15)16)14-12(9-4-5-9)11-3-2-8-17-11/h2-3,8-10,12,14H,4-7H2,1H3. The number of thiophene rings is 1. The maximum Gasteiger partial charge on any atom is 0.239 e. The molecule has 2 atom stereocenters. The maximum atomic E-state index is 11.9. The summed E-state index contributed by atoms with van der Waals surface area (Å²) in [6.07, 6.45) is 3.54. The molecule has 0 spiro atoms. The highest BCUT2D eigenvalue weighted by Crippen LogP contribution is 2.42. The Labute approximate surface area is 106 Å². The monoisotopic (exact) mass is 250 g/mol. The first-order chi connectivity index (χ1) is 8.25. The molecule has 1 aromatic heterocycles. The van der Waals surface area contributed by atoms with Gasteiger partial charge in [-0.3, -0.25) is 10.1 Å². The second-order valence-electron chi connectivity index (χ2n) is 5.10. The number of hydrogen-bond donors (Lipinski definition) is 1. The summed E-state index contributed by atoms with van der Waals surface area (Å²) in [4.78, 5) is 15.1. The molecule has 3 rings (SSSR count). The molecule has 1 N–H and O–H groups in total. The molecule has 0 aromatic carbocycles. The summed E-state index contributed by atoms with van der Waals surface area (Å²) in [6.45, 7) is 0.887. The molecule has 0 radical (unpaired) electrons. The predicted molar refractivity (Wildman–Crippen MR) is 69.0 cm³/mol. The summed E-state index contributed by atoms with van der Waals surface area (Å²) in [6, 6.07) is 4.71. The van der Waals surface area contributed by atoms with E-state index < -0.39 is 0 Å². The number of nitrogens with zero attached hydrogens (tertiary/aromatic N) is 1. The zero-order valence-corrected chi connectivity index (χ0v) is 10.9. The van der Waals surface area contributed by atoms with Crippen LogP contribution in [0.2, 0.25) is 0 Å². The molecule has 2 fully saturated rings. The van der Waals surface area contributed by atoms with Crippen molar-refractivity contribution in [3.8, 4) is 0 Å². The predicted octanol–water partition coefficient (Wildman–Crippen LogP) is 2.02. The number of rotatable bonds is 4. The molecule has 2 unspecified atom stereocenters. The van der Waals surface area contributed by atoms with Crippen molar-refractivity contribution in [2.24, 2.45) is 5.92 Å². The Morgan fingerprint density at radius 1 is 1.47 bits per heavy atom. The van der Waals surface area contributed by atoms with E-state index in [9.17, 15) is 4.79 Å². The molecule has 0 bridgehead atoms. The highest BCUT2D eigenvalue weighted by atomic mass is 32.1. The lowest BCUT2D eigenvalue weighted by Gasteiger charge is -2.21. The number of likely N-dealkylation sites (tertiary alicyclic amines) is 1. The van der Waals surface area contributed by atoms with E-state index in [4.69, 9.17) is 0 Å². The SMILES string of the molecule is CN1CCC(NC(c2cccs2)C2CC2)C1=O. The van der Waals surface area contributed by atoms with Crippen LogP contribution in [0.5, 0.6) is 0 Å². The van der Waals surface area contributed by atoms with Gasteiger partial charge >= 0.3 is 0 Å². The molecule has 1 aromatic rings. The normalized spacial score (nSPS) is 26.5. The van der Waals surface area contributed by atoms with Crippen molar-refractivity contribution in [1.29, 1.82) is 0 Å². The molecular formula is C13H18N2OS. The summed E-state index contributed by atoms with van der Waals surface area (Å²) in [5, 5.41) is 5.70. The minimum atomic E-state index is 0.0349. The largest absolute Gasteiger partial charge is 0.344 e. The second-order valence-corrected chi connectivity index (χ2v) is 6.08. The third kappa shape index (κ3) is 2.24. The lowest BCUT2D eigenvalue weighted by atomic mass is 10.1. The van der Waals surface area contributed by atoms with Gasteiger partial charge in [0.15, 0.2) is 0 Å². The molecule has 1 saturated carbocycles. The van der Waals surface area contributed by atoms with Crippen LogP contribution in [-0.4, -0.2) is 30.4 Å². The van der Waals surface area contributed by atoms with E-state index in [0.29, 0.717) is 6.04 Å². The van der Waals surface area contributed by atoms with E-state index >= 15 is 0 Å². The number of hydrogen-bond acceptors (Lipinski definition) is 3. The maximum absolute atomic E-state index is 11.9. The van der Waals surface area contributed by atoms with Crippen molar-refractivity contribution in [1.82, 2.24) is 10.2 Å². The van der Waals surface area contributed by atoms with Gasteiger partial charge in [-0.2, -0.15) is 0 Å². The van der Waals surface area contributed by atoms with Gasteiger partial charge in [-0.25, -0.2) is 0 Å². The molecule has 2 heterocycles. The fourth-order valence-corrected chi connectivity index (χ4v) is 3.42. The Hall–Kier alpha value is -0.870. The van der Waals surface area contributed by atoms with E-state index in [-0.39, 0.29) is 11.9 Å². The first kappa shape index (κ1) is 11.2. The molecular weight excluding hydrogens is 232 g/mol. The van der Waals surface area contributed by atoms with Crippen molar-refractivity contribution in [3.05, 3.63) is 22.4 Å². The molecule has 1 amide bonds. The van der Waals surface area contributed by atoms with Gasteiger partial charge in [0, 0.05) is 24.5 Å². The molecule has 17 heavy (non-hydrogen) atoms. The average Bonchev–Trinajstić information content (AvgIpc) is 2.93. The third-order valence-electron chi connectivity index (χ3n) is 3.75. The Morgan fingerprint density at radius 2 is 2.29 bits per heavy atom. The summed E-state index contributed by atoms with van der Waals surface area (Å²) in [5.74, 6) is 1.000. The van der Waals surface area contributed by atoms with E-state index in [0.717, 1.165) is 18.9 Å². The summed E-state index contributed by atoms with van der Waals surface area (Å²) in [7, 11) is 1.89. The minimum Gasteiger partial charge on any atom is -0.344 e. The van der Waals surface area contributed by atoms with Gasteiger partial charge < -0.3 is 4.90 Å². The van der Waals surface area contributed by atoms with Gasteiger partial charge in [-0.15, -0.1) is 11.3 Å².